The number of nitrogens with one attached hydrogen (secondary N) is 2. The molecule has 3 aromatic rings. The molecule has 1 saturated heterocycles. The summed E-state index contributed by atoms with van der Waals surface area (Å²) in [5, 5.41) is 16.9. The van der Waals surface area contributed by atoms with E-state index in [0.29, 0.717) is 18.8 Å². The number of carbonyl (C=O) groups is 1. The molecule has 2 heterocycles. The average Bonchev–Trinajstić information content (AvgIpc) is 3.35. The molecule has 2 N–H and O–H groups in total. The second-order valence-corrected chi connectivity index (χ2v) is 7.51. The second-order valence-electron chi connectivity index (χ2n) is 7.51. The number of aromatic nitrogens is 4. The second kappa shape index (κ2) is 10.7. The summed E-state index contributed by atoms with van der Waals surface area (Å²) in [6.07, 6.45) is 1.52. The molecule has 4 rings (SSSR count). The van der Waals surface area contributed by atoms with Gasteiger partial charge in [0.25, 0.3) is 0 Å². The number of tetrazole rings is 1. The highest BCUT2D eigenvalue weighted by molar-refractivity contribution is 5.89. The van der Waals surface area contributed by atoms with Crippen LogP contribution in [0, 0.1) is 6.92 Å². The lowest BCUT2D eigenvalue weighted by Crippen LogP contribution is -2.38. The maximum atomic E-state index is 12.4. The smallest absolute Gasteiger partial charge is 0.319 e. The van der Waals surface area contributed by atoms with Crippen LogP contribution in [0.1, 0.15) is 11.1 Å². The van der Waals surface area contributed by atoms with Gasteiger partial charge in [-0.1, -0.05) is 18.2 Å². The molecule has 2 amide bonds. The monoisotopic (exact) mass is 437 g/mol. The van der Waals surface area contributed by atoms with Crippen LogP contribution < -0.4 is 15.4 Å². The minimum atomic E-state index is -0.296. The van der Waals surface area contributed by atoms with Crippen LogP contribution in [0.25, 0.3) is 5.69 Å². The van der Waals surface area contributed by atoms with Crippen LogP contribution in [-0.4, -0.2) is 70.6 Å². The molecular formula is C22H27N7O3. The van der Waals surface area contributed by atoms with E-state index in [2.05, 4.69) is 31.1 Å². The predicted molar refractivity (Wildman–Crippen MR) is 119 cm³/mol. The molecule has 168 valence electrons. The van der Waals surface area contributed by atoms with Crippen LogP contribution in [0.15, 0.2) is 48.8 Å². The first-order chi connectivity index (χ1) is 15.7. The molecule has 1 fully saturated rings. The van der Waals surface area contributed by atoms with E-state index in [0.717, 1.165) is 55.4 Å². The van der Waals surface area contributed by atoms with Crippen molar-refractivity contribution in [2.24, 2.45) is 0 Å². The highest BCUT2D eigenvalue weighted by atomic mass is 16.5. The molecule has 10 nitrogen and oxygen atoms in total. The molecular weight excluding hydrogens is 410 g/mol. The molecule has 0 radical (unpaired) electrons. The summed E-state index contributed by atoms with van der Waals surface area (Å²) >= 11 is 0. The predicted octanol–water partition coefficient (Wildman–Crippen LogP) is 2.00. The maximum Gasteiger partial charge on any atom is 0.319 e. The summed E-state index contributed by atoms with van der Waals surface area (Å²) in [4.78, 5) is 14.7. The number of hydrogen-bond acceptors (Lipinski definition) is 7. The van der Waals surface area contributed by atoms with Crippen molar-refractivity contribution in [2.45, 2.75) is 13.5 Å². The van der Waals surface area contributed by atoms with Crippen LogP contribution in [0.4, 0.5) is 10.5 Å². The fraction of sp³-hybridized carbons (Fsp3) is 0.364. The Morgan fingerprint density at radius 2 is 2.06 bits per heavy atom. The van der Waals surface area contributed by atoms with Gasteiger partial charge in [-0.15, -0.1) is 5.10 Å². The molecule has 0 atom stereocenters. The molecule has 0 bridgehead atoms. The number of morpholine rings is 1. The number of amides is 2. The molecule has 1 aliphatic heterocycles. The van der Waals surface area contributed by atoms with Gasteiger partial charge >= 0.3 is 6.03 Å². The molecule has 0 saturated carbocycles. The standard InChI is InChI=1S/C22H27N7O3/c1-17-5-6-19(14-21(17)29-16-24-26-27-29)25-22(30)23-15-18-3-2-4-20(13-18)32-12-9-28-7-10-31-11-8-28/h2-6,13-14,16H,7-12,15H2,1H3,(H2,23,25,30). The van der Waals surface area contributed by atoms with Crippen molar-refractivity contribution in [1.29, 1.82) is 0 Å². The number of carbonyl (C=O) groups excluding carboxylic acids is 1. The van der Waals surface area contributed by atoms with E-state index in [1.54, 1.807) is 4.68 Å². The quantitative estimate of drug-likeness (QED) is 0.555. The zero-order valence-electron chi connectivity index (χ0n) is 18.0. The minimum Gasteiger partial charge on any atom is -0.492 e. The third-order valence-electron chi connectivity index (χ3n) is 5.19. The van der Waals surface area contributed by atoms with Gasteiger partial charge in [-0.3, -0.25) is 4.90 Å². The van der Waals surface area contributed by atoms with E-state index in [1.165, 1.54) is 6.33 Å². The third-order valence-corrected chi connectivity index (χ3v) is 5.19. The first-order valence-electron chi connectivity index (χ1n) is 10.6. The van der Waals surface area contributed by atoms with Crippen molar-refractivity contribution in [1.82, 2.24) is 30.4 Å². The highest BCUT2D eigenvalue weighted by Crippen LogP contribution is 2.18. The molecule has 1 aliphatic rings. The number of rotatable bonds is 8. The Morgan fingerprint density at radius 1 is 1.19 bits per heavy atom. The molecule has 10 heteroatoms. The Labute approximate surface area is 186 Å². The van der Waals surface area contributed by atoms with Gasteiger partial charge in [-0.2, -0.15) is 0 Å². The summed E-state index contributed by atoms with van der Waals surface area (Å²) in [6.45, 7) is 7.29. The number of ether oxygens (including phenoxy) is 2. The normalized spacial score (nSPS) is 14.2. The van der Waals surface area contributed by atoms with Gasteiger partial charge in [-0.05, 0) is 52.7 Å². The zero-order chi connectivity index (χ0) is 22.2. The Balaban J connectivity index is 1.26. The SMILES string of the molecule is Cc1ccc(NC(=O)NCc2cccc(OCCN3CCOCC3)c2)cc1-n1cnnn1. The van der Waals surface area contributed by atoms with Gasteiger partial charge in [0.15, 0.2) is 0 Å². The molecule has 2 aromatic carbocycles. The maximum absolute atomic E-state index is 12.4. The largest absolute Gasteiger partial charge is 0.492 e. The Hall–Kier alpha value is -3.50. The fourth-order valence-electron chi connectivity index (χ4n) is 3.43. The lowest BCUT2D eigenvalue weighted by atomic mass is 10.2. The van der Waals surface area contributed by atoms with Crippen LogP contribution in [0.3, 0.4) is 0 Å². The highest BCUT2D eigenvalue weighted by Gasteiger charge is 2.10. The van der Waals surface area contributed by atoms with Gasteiger partial charge in [0.2, 0.25) is 0 Å². The molecule has 0 aliphatic carbocycles. The minimum absolute atomic E-state index is 0.296. The Morgan fingerprint density at radius 3 is 2.88 bits per heavy atom. The number of benzene rings is 2. The molecule has 1 aromatic heterocycles. The number of urea groups is 1. The average molecular weight is 438 g/mol. The van der Waals surface area contributed by atoms with Gasteiger partial charge in [-0.25, -0.2) is 9.48 Å². The zero-order valence-corrected chi connectivity index (χ0v) is 18.0. The summed E-state index contributed by atoms with van der Waals surface area (Å²) in [5.74, 6) is 0.794. The lowest BCUT2D eigenvalue weighted by molar-refractivity contribution is 0.0322. The summed E-state index contributed by atoms with van der Waals surface area (Å²) < 4.78 is 12.8. The van der Waals surface area contributed by atoms with Crippen molar-refractivity contribution in [3.8, 4) is 11.4 Å². The van der Waals surface area contributed by atoms with Crippen molar-refractivity contribution in [3.63, 3.8) is 0 Å². The van der Waals surface area contributed by atoms with E-state index in [9.17, 15) is 4.79 Å². The van der Waals surface area contributed by atoms with Crippen LogP contribution in [0.5, 0.6) is 5.75 Å². The number of nitrogens with zero attached hydrogens (tertiary/aromatic N) is 5. The third kappa shape index (κ3) is 6.02. The Kier molecular flexibility index (Phi) is 7.26. The summed E-state index contributed by atoms with van der Waals surface area (Å²) in [7, 11) is 0. The first kappa shape index (κ1) is 21.7. The van der Waals surface area contributed by atoms with E-state index < -0.39 is 0 Å². The number of hydrogen-bond donors (Lipinski definition) is 2. The summed E-state index contributed by atoms with van der Waals surface area (Å²) in [5.41, 5.74) is 3.41. The molecule has 32 heavy (non-hydrogen) atoms. The van der Waals surface area contributed by atoms with Crippen molar-refractivity contribution in [2.75, 3.05) is 44.8 Å². The first-order valence-corrected chi connectivity index (χ1v) is 10.6. The van der Waals surface area contributed by atoms with Gasteiger partial charge in [0.05, 0.1) is 18.9 Å². The fourth-order valence-corrected chi connectivity index (χ4v) is 3.43. The van der Waals surface area contributed by atoms with Crippen LogP contribution >= 0.6 is 0 Å². The molecule has 0 spiro atoms. The van der Waals surface area contributed by atoms with E-state index >= 15 is 0 Å². The topological polar surface area (TPSA) is 106 Å². The van der Waals surface area contributed by atoms with Gasteiger partial charge < -0.3 is 20.1 Å². The van der Waals surface area contributed by atoms with E-state index in [4.69, 9.17) is 9.47 Å². The van der Waals surface area contributed by atoms with E-state index in [1.807, 2.05) is 49.4 Å². The van der Waals surface area contributed by atoms with Crippen molar-refractivity contribution >= 4 is 11.7 Å². The summed E-state index contributed by atoms with van der Waals surface area (Å²) in [6, 6.07) is 13.0. The van der Waals surface area contributed by atoms with Crippen molar-refractivity contribution < 1.29 is 14.3 Å². The Bertz CT molecular complexity index is 1020. The van der Waals surface area contributed by atoms with Crippen LogP contribution in [-0.2, 0) is 11.3 Å². The van der Waals surface area contributed by atoms with Crippen LogP contribution in [0.2, 0.25) is 0 Å². The lowest BCUT2D eigenvalue weighted by Gasteiger charge is -2.26. The van der Waals surface area contributed by atoms with Gasteiger partial charge in [0.1, 0.15) is 18.7 Å². The van der Waals surface area contributed by atoms with E-state index in [-0.39, 0.29) is 6.03 Å². The van der Waals surface area contributed by atoms with Crippen molar-refractivity contribution in [3.05, 3.63) is 59.9 Å². The number of aryl methyl sites for hydroxylation is 1. The molecule has 0 unspecified atom stereocenters. The van der Waals surface area contributed by atoms with Gasteiger partial charge in [0, 0.05) is 31.9 Å². The number of anilines is 1.